The summed E-state index contributed by atoms with van der Waals surface area (Å²) in [6.07, 6.45) is 0.466. The van der Waals surface area contributed by atoms with Gasteiger partial charge in [-0.2, -0.15) is 0 Å². The van der Waals surface area contributed by atoms with Gasteiger partial charge in [-0.25, -0.2) is 13.2 Å². The second-order valence-electron chi connectivity index (χ2n) is 5.15. The van der Waals surface area contributed by atoms with Crippen LogP contribution in [-0.2, 0) is 9.84 Å². The molecule has 6 nitrogen and oxygen atoms in total. The first-order valence-electron chi connectivity index (χ1n) is 6.83. The van der Waals surface area contributed by atoms with Crippen LogP contribution in [0.25, 0.3) is 0 Å². The van der Waals surface area contributed by atoms with Crippen LogP contribution in [0.1, 0.15) is 13.3 Å². The van der Waals surface area contributed by atoms with Crippen molar-refractivity contribution >= 4 is 21.6 Å². The molecular formula is C14H20N2O4S. The molecule has 2 rings (SSSR count). The molecule has 1 heterocycles. The Morgan fingerprint density at radius 1 is 1.38 bits per heavy atom. The predicted molar refractivity (Wildman–Crippen MR) is 81.5 cm³/mol. The summed E-state index contributed by atoms with van der Waals surface area (Å²) in [7, 11) is -1.49. The van der Waals surface area contributed by atoms with Gasteiger partial charge in [-0.05, 0) is 25.5 Å². The zero-order valence-electron chi connectivity index (χ0n) is 12.2. The SMILES string of the molecule is COc1cccc(NC(=O)N2CCS(=O)(=O)CCC2C)c1. The molecule has 1 aromatic carbocycles. The molecule has 0 saturated carbocycles. The lowest BCUT2D eigenvalue weighted by Gasteiger charge is -2.26. The highest BCUT2D eigenvalue weighted by atomic mass is 32.2. The number of urea groups is 1. The summed E-state index contributed by atoms with van der Waals surface area (Å²) < 4.78 is 28.4. The highest BCUT2D eigenvalue weighted by Gasteiger charge is 2.27. The lowest BCUT2D eigenvalue weighted by Crippen LogP contribution is -2.42. The van der Waals surface area contributed by atoms with Gasteiger partial charge in [0.2, 0.25) is 0 Å². The highest BCUT2D eigenvalue weighted by molar-refractivity contribution is 7.91. The molecule has 2 amide bonds. The van der Waals surface area contributed by atoms with Crippen LogP contribution < -0.4 is 10.1 Å². The Labute approximate surface area is 125 Å². The molecule has 1 aliphatic rings. The molecule has 0 aromatic heterocycles. The zero-order chi connectivity index (χ0) is 15.5. The van der Waals surface area contributed by atoms with E-state index in [4.69, 9.17) is 4.74 Å². The quantitative estimate of drug-likeness (QED) is 0.902. The van der Waals surface area contributed by atoms with Gasteiger partial charge in [0.25, 0.3) is 0 Å². The zero-order valence-corrected chi connectivity index (χ0v) is 13.0. The van der Waals surface area contributed by atoms with E-state index >= 15 is 0 Å². The Balaban J connectivity index is 2.08. The number of carbonyl (C=O) groups is 1. The molecule has 0 spiro atoms. The van der Waals surface area contributed by atoms with Crippen molar-refractivity contribution in [2.45, 2.75) is 19.4 Å². The first-order valence-corrected chi connectivity index (χ1v) is 8.65. The number of rotatable bonds is 2. The van der Waals surface area contributed by atoms with E-state index in [-0.39, 0.29) is 30.1 Å². The molecule has 116 valence electrons. The molecule has 0 bridgehead atoms. The van der Waals surface area contributed by atoms with Gasteiger partial charge in [0.1, 0.15) is 5.75 Å². The molecule has 1 aromatic rings. The molecule has 1 N–H and O–H groups in total. The van der Waals surface area contributed by atoms with Crippen LogP contribution >= 0.6 is 0 Å². The number of nitrogens with zero attached hydrogens (tertiary/aromatic N) is 1. The van der Waals surface area contributed by atoms with E-state index in [9.17, 15) is 13.2 Å². The minimum absolute atomic E-state index is 0.0167. The summed E-state index contributed by atoms with van der Waals surface area (Å²) >= 11 is 0. The number of benzene rings is 1. The van der Waals surface area contributed by atoms with Crippen molar-refractivity contribution in [2.24, 2.45) is 0 Å². The minimum atomic E-state index is -3.04. The Bertz CT molecular complexity index is 615. The number of sulfone groups is 1. The first kappa shape index (κ1) is 15.6. The van der Waals surface area contributed by atoms with Gasteiger partial charge in [-0.15, -0.1) is 0 Å². The van der Waals surface area contributed by atoms with Gasteiger partial charge in [-0.1, -0.05) is 6.07 Å². The van der Waals surface area contributed by atoms with E-state index in [1.54, 1.807) is 36.3 Å². The molecular weight excluding hydrogens is 292 g/mol. The summed E-state index contributed by atoms with van der Waals surface area (Å²) in [4.78, 5) is 13.9. The second kappa shape index (κ2) is 6.34. The first-order chi connectivity index (χ1) is 9.91. The normalized spacial score (nSPS) is 21.4. The molecule has 1 aliphatic heterocycles. The third-order valence-electron chi connectivity index (χ3n) is 3.60. The van der Waals surface area contributed by atoms with Crippen molar-refractivity contribution in [2.75, 3.05) is 30.5 Å². The van der Waals surface area contributed by atoms with Crippen molar-refractivity contribution < 1.29 is 17.9 Å². The smallest absolute Gasteiger partial charge is 0.322 e. The molecule has 7 heteroatoms. The third-order valence-corrected chi connectivity index (χ3v) is 5.27. The van der Waals surface area contributed by atoms with Gasteiger partial charge in [-0.3, -0.25) is 0 Å². The number of carbonyl (C=O) groups excluding carboxylic acids is 1. The summed E-state index contributed by atoms with van der Waals surface area (Å²) in [6, 6.07) is 6.67. The average molecular weight is 312 g/mol. The topological polar surface area (TPSA) is 75.7 Å². The van der Waals surface area contributed by atoms with Gasteiger partial charge in [0.05, 0.1) is 18.6 Å². The standard InChI is InChI=1S/C14H20N2O4S/c1-11-6-8-21(18,19)9-7-16(11)14(17)15-12-4-3-5-13(10-12)20-2/h3-5,10-11H,6-9H2,1-2H3,(H,15,17). The van der Waals surface area contributed by atoms with E-state index in [0.717, 1.165) is 0 Å². The van der Waals surface area contributed by atoms with Crippen molar-refractivity contribution in [3.8, 4) is 5.75 Å². The lowest BCUT2D eigenvalue weighted by molar-refractivity contribution is 0.197. The largest absolute Gasteiger partial charge is 0.497 e. The number of hydrogen-bond acceptors (Lipinski definition) is 4. The summed E-state index contributed by atoms with van der Waals surface area (Å²) in [6.45, 7) is 2.09. The van der Waals surface area contributed by atoms with Crippen LogP contribution in [0.5, 0.6) is 5.75 Å². The fourth-order valence-corrected chi connectivity index (χ4v) is 3.64. The molecule has 1 fully saturated rings. The summed E-state index contributed by atoms with van der Waals surface area (Å²) in [5, 5.41) is 2.78. The van der Waals surface area contributed by atoms with Crippen molar-refractivity contribution in [1.82, 2.24) is 4.90 Å². The molecule has 21 heavy (non-hydrogen) atoms. The number of methoxy groups -OCH3 is 1. The van der Waals surface area contributed by atoms with Crippen molar-refractivity contribution in [3.05, 3.63) is 24.3 Å². The Kier molecular flexibility index (Phi) is 4.72. The maximum atomic E-state index is 12.3. The molecule has 1 saturated heterocycles. The number of anilines is 1. The van der Waals surface area contributed by atoms with E-state index < -0.39 is 9.84 Å². The average Bonchev–Trinajstić information content (AvgIpc) is 2.58. The monoisotopic (exact) mass is 312 g/mol. The Morgan fingerprint density at radius 3 is 2.86 bits per heavy atom. The highest BCUT2D eigenvalue weighted by Crippen LogP contribution is 2.19. The maximum absolute atomic E-state index is 12.3. The van der Waals surface area contributed by atoms with Crippen LogP contribution in [0.2, 0.25) is 0 Å². The van der Waals surface area contributed by atoms with Crippen LogP contribution in [0.15, 0.2) is 24.3 Å². The fourth-order valence-electron chi connectivity index (χ4n) is 2.26. The van der Waals surface area contributed by atoms with Crippen LogP contribution in [0.4, 0.5) is 10.5 Å². The van der Waals surface area contributed by atoms with Crippen LogP contribution in [0, 0.1) is 0 Å². The molecule has 1 unspecified atom stereocenters. The van der Waals surface area contributed by atoms with Crippen LogP contribution in [0.3, 0.4) is 0 Å². The Morgan fingerprint density at radius 2 is 2.14 bits per heavy atom. The number of nitrogens with one attached hydrogen (secondary N) is 1. The van der Waals surface area contributed by atoms with Gasteiger partial charge in [0.15, 0.2) is 9.84 Å². The second-order valence-corrected chi connectivity index (χ2v) is 7.45. The number of ether oxygens (including phenoxy) is 1. The van der Waals surface area contributed by atoms with E-state index in [2.05, 4.69) is 5.32 Å². The van der Waals surface area contributed by atoms with Gasteiger partial charge >= 0.3 is 6.03 Å². The minimum Gasteiger partial charge on any atom is -0.497 e. The molecule has 0 aliphatic carbocycles. The van der Waals surface area contributed by atoms with Crippen molar-refractivity contribution in [1.29, 1.82) is 0 Å². The van der Waals surface area contributed by atoms with Crippen molar-refractivity contribution in [3.63, 3.8) is 0 Å². The maximum Gasteiger partial charge on any atom is 0.322 e. The fraction of sp³-hybridized carbons (Fsp3) is 0.500. The van der Waals surface area contributed by atoms with Gasteiger partial charge in [0, 0.05) is 24.3 Å². The van der Waals surface area contributed by atoms with E-state index in [1.807, 2.05) is 6.92 Å². The predicted octanol–water partition coefficient (Wildman–Crippen LogP) is 1.74. The summed E-state index contributed by atoms with van der Waals surface area (Å²) in [5.41, 5.74) is 0.624. The molecule has 1 atom stereocenters. The van der Waals surface area contributed by atoms with Crippen LogP contribution in [-0.4, -0.2) is 50.6 Å². The van der Waals surface area contributed by atoms with E-state index in [0.29, 0.717) is 17.9 Å². The van der Waals surface area contributed by atoms with Gasteiger partial charge < -0.3 is 15.0 Å². The Hall–Kier alpha value is -1.76. The molecule has 0 radical (unpaired) electrons. The third kappa shape index (κ3) is 4.10. The lowest BCUT2D eigenvalue weighted by atomic mass is 10.2. The summed E-state index contributed by atoms with van der Waals surface area (Å²) in [5.74, 6) is 0.805. The number of hydrogen-bond donors (Lipinski definition) is 1. The number of amides is 2. The van der Waals surface area contributed by atoms with E-state index in [1.165, 1.54) is 0 Å².